The molecule has 2 rings (SSSR count). The molecule has 0 aliphatic carbocycles. The van der Waals surface area contributed by atoms with E-state index in [0.717, 1.165) is 0 Å². The molecule has 15 heavy (non-hydrogen) atoms. The van der Waals surface area contributed by atoms with E-state index in [1.165, 1.54) is 18.2 Å². The lowest BCUT2D eigenvalue weighted by Gasteiger charge is -2.03. The molecule has 78 valence electrons. The van der Waals surface area contributed by atoms with Crippen molar-refractivity contribution in [2.24, 2.45) is 5.92 Å². The quantitative estimate of drug-likeness (QED) is 0.662. The van der Waals surface area contributed by atoms with Gasteiger partial charge in [-0.2, -0.15) is 0 Å². The highest BCUT2D eigenvalue weighted by atomic mass is 19.1. The molecule has 1 unspecified atom stereocenters. The van der Waals surface area contributed by atoms with E-state index >= 15 is 0 Å². The highest BCUT2D eigenvalue weighted by molar-refractivity contribution is 6.02. The molecule has 1 N–H and O–H groups in total. The van der Waals surface area contributed by atoms with E-state index in [1.54, 1.807) is 6.92 Å². The van der Waals surface area contributed by atoms with E-state index in [-0.39, 0.29) is 23.6 Å². The Morgan fingerprint density at radius 1 is 1.53 bits per heavy atom. The van der Waals surface area contributed by atoms with Crippen molar-refractivity contribution in [3.63, 3.8) is 0 Å². The largest absolute Gasteiger partial charge is 0.293 e. The van der Waals surface area contributed by atoms with Crippen LogP contribution >= 0.6 is 0 Å². The number of Topliss-reactive ketones (excluding diaryl/α,β-unsaturated/α-hetero) is 1. The van der Waals surface area contributed by atoms with Crippen LogP contribution in [-0.4, -0.2) is 17.2 Å². The SMILES string of the molecule is CC1C[N+](=O)Nc2cccc(F)c2C1=O. The first-order chi connectivity index (χ1) is 7.09. The third-order valence-electron chi connectivity index (χ3n) is 2.39. The van der Waals surface area contributed by atoms with Crippen molar-refractivity contribution in [3.05, 3.63) is 34.5 Å². The van der Waals surface area contributed by atoms with Crippen LogP contribution in [0.1, 0.15) is 17.3 Å². The molecule has 0 bridgehead atoms. The molecule has 0 radical (unpaired) electrons. The van der Waals surface area contributed by atoms with Crippen LogP contribution in [0.4, 0.5) is 10.1 Å². The van der Waals surface area contributed by atoms with Crippen molar-refractivity contribution < 1.29 is 14.1 Å². The number of anilines is 1. The van der Waals surface area contributed by atoms with Crippen LogP contribution in [0.3, 0.4) is 0 Å². The molecular formula is C10H10FN2O2+. The van der Waals surface area contributed by atoms with Crippen molar-refractivity contribution in [1.82, 2.24) is 0 Å². The molecule has 1 aliphatic rings. The summed E-state index contributed by atoms with van der Waals surface area (Å²) in [6, 6.07) is 4.18. The Bertz CT molecular complexity index is 445. The third-order valence-corrected chi connectivity index (χ3v) is 2.39. The molecule has 1 aromatic carbocycles. The summed E-state index contributed by atoms with van der Waals surface area (Å²) >= 11 is 0. The van der Waals surface area contributed by atoms with Crippen LogP contribution in [0.25, 0.3) is 0 Å². The zero-order valence-corrected chi connectivity index (χ0v) is 8.16. The summed E-state index contributed by atoms with van der Waals surface area (Å²) < 4.78 is 13.4. The Balaban J connectivity index is 2.60. The predicted molar refractivity (Wildman–Crippen MR) is 52.0 cm³/mol. The smallest absolute Gasteiger partial charge is 0.235 e. The number of nitrogens with one attached hydrogen (secondary N) is 1. The number of hydrogen-bond acceptors (Lipinski definition) is 2. The predicted octanol–water partition coefficient (Wildman–Crippen LogP) is 1.76. The number of benzene rings is 1. The van der Waals surface area contributed by atoms with Crippen molar-refractivity contribution in [1.29, 1.82) is 0 Å². The Kier molecular flexibility index (Phi) is 2.22. The zero-order chi connectivity index (χ0) is 11.0. The highest BCUT2D eigenvalue weighted by Crippen LogP contribution is 2.25. The monoisotopic (exact) mass is 209 g/mol. The summed E-state index contributed by atoms with van der Waals surface area (Å²) in [5, 5.41) is 0. The van der Waals surface area contributed by atoms with Crippen LogP contribution in [0, 0.1) is 16.6 Å². The molecule has 0 aromatic heterocycles. The summed E-state index contributed by atoms with van der Waals surface area (Å²) in [6.07, 6.45) is 0. The first kappa shape index (κ1) is 9.76. The average molecular weight is 209 g/mol. The third kappa shape index (κ3) is 1.60. The molecule has 1 atom stereocenters. The molecule has 1 aliphatic heterocycles. The van der Waals surface area contributed by atoms with Gasteiger partial charge in [0.15, 0.2) is 5.78 Å². The van der Waals surface area contributed by atoms with Gasteiger partial charge in [0.2, 0.25) is 6.54 Å². The minimum Gasteiger partial charge on any atom is -0.293 e. The molecule has 0 amide bonds. The van der Waals surface area contributed by atoms with Crippen molar-refractivity contribution in [2.75, 3.05) is 12.0 Å². The minimum atomic E-state index is -0.591. The summed E-state index contributed by atoms with van der Waals surface area (Å²) in [5.41, 5.74) is 2.65. The Labute approximate surface area is 85.6 Å². The summed E-state index contributed by atoms with van der Waals surface area (Å²) in [7, 11) is 0. The second-order valence-electron chi connectivity index (χ2n) is 3.60. The standard InChI is InChI=1S/C10H9FN2O2/c1-6-5-13(15)12-8-4-2-3-7(11)9(8)10(6)14/h2-4,6H,5H2,1H3/p+1. The first-order valence-corrected chi connectivity index (χ1v) is 4.63. The Morgan fingerprint density at radius 2 is 2.27 bits per heavy atom. The van der Waals surface area contributed by atoms with E-state index in [9.17, 15) is 14.1 Å². The second-order valence-corrected chi connectivity index (χ2v) is 3.60. The molecule has 0 fully saturated rings. The number of halogens is 1. The fraction of sp³-hybridized carbons (Fsp3) is 0.300. The van der Waals surface area contributed by atoms with Gasteiger partial charge in [-0.25, -0.2) is 4.39 Å². The normalized spacial score (nSPS) is 20.5. The van der Waals surface area contributed by atoms with Crippen molar-refractivity contribution in [2.45, 2.75) is 6.92 Å². The molecule has 0 saturated heterocycles. The number of rotatable bonds is 0. The number of fused-ring (bicyclic) bond motifs is 1. The van der Waals surface area contributed by atoms with E-state index < -0.39 is 11.7 Å². The number of nitroso groups, excluding NO2 is 1. The van der Waals surface area contributed by atoms with E-state index in [0.29, 0.717) is 4.87 Å². The van der Waals surface area contributed by atoms with E-state index in [4.69, 9.17) is 0 Å². The Morgan fingerprint density at radius 3 is 3.00 bits per heavy atom. The molecule has 1 aromatic rings. The minimum absolute atomic E-state index is 0.0208. The van der Waals surface area contributed by atoms with Gasteiger partial charge in [-0.05, 0) is 19.1 Å². The number of carbonyl (C=O) groups is 1. The summed E-state index contributed by atoms with van der Waals surface area (Å²) in [4.78, 5) is 23.6. The van der Waals surface area contributed by atoms with Gasteiger partial charge >= 0.3 is 0 Å². The van der Waals surface area contributed by atoms with Crippen LogP contribution in [0.15, 0.2) is 18.2 Å². The maximum atomic E-state index is 13.4. The van der Waals surface area contributed by atoms with Crippen molar-refractivity contribution in [3.8, 4) is 0 Å². The first-order valence-electron chi connectivity index (χ1n) is 4.63. The van der Waals surface area contributed by atoms with Gasteiger partial charge in [0.1, 0.15) is 16.4 Å². The average Bonchev–Trinajstić information content (AvgIpc) is 2.26. The lowest BCUT2D eigenvalue weighted by molar-refractivity contribution is -0.521. The highest BCUT2D eigenvalue weighted by Gasteiger charge is 2.32. The number of hydrogen-bond donors (Lipinski definition) is 1. The zero-order valence-electron chi connectivity index (χ0n) is 8.16. The molecule has 5 heteroatoms. The second kappa shape index (κ2) is 3.42. The van der Waals surface area contributed by atoms with Gasteiger partial charge in [0, 0.05) is 0 Å². The molecule has 4 nitrogen and oxygen atoms in total. The summed E-state index contributed by atoms with van der Waals surface area (Å²) in [6.45, 7) is 1.63. The van der Waals surface area contributed by atoms with Crippen LogP contribution in [0.5, 0.6) is 0 Å². The maximum absolute atomic E-state index is 13.4. The molecular weight excluding hydrogens is 199 g/mol. The lowest BCUT2D eigenvalue weighted by atomic mass is 9.98. The summed E-state index contributed by atoms with van der Waals surface area (Å²) in [5.74, 6) is -1.44. The molecule has 0 spiro atoms. The number of hydrazine groups is 1. The van der Waals surface area contributed by atoms with E-state index in [1.807, 2.05) is 0 Å². The van der Waals surface area contributed by atoms with Gasteiger partial charge < -0.3 is 0 Å². The maximum Gasteiger partial charge on any atom is 0.235 e. The number of ketones is 1. The van der Waals surface area contributed by atoms with Gasteiger partial charge in [-0.3, -0.25) is 4.79 Å². The number of nitrogens with zero attached hydrogens (tertiary/aromatic N) is 1. The fourth-order valence-electron chi connectivity index (χ4n) is 1.63. The van der Waals surface area contributed by atoms with Gasteiger partial charge in [-0.15, -0.1) is 5.43 Å². The molecule has 0 saturated carbocycles. The molecule has 1 heterocycles. The topological polar surface area (TPSA) is 49.2 Å². The Hall–Kier alpha value is -1.78. The van der Waals surface area contributed by atoms with Crippen LogP contribution < -0.4 is 5.43 Å². The van der Waals surface area contributed by atoms with Crippen molar-refractivity contribution >= 4 is 11.5 Å². The van der Waals surface area contributed by atoms with Gasteiger partial charge in [-0.1, -0.05) is 6.07 Å². The fourth-order valence-corrected chi connectivity index (χ4v) is 1.63. The number of carbonyl (C=O) groups excluding carboxylic acids is 1. The van der Waals surface area contributed by atoms with E-state index in [2.05, 4.69) is 5.43 Å². The van der Waals surface area contributed by atoms with Gasteiger partial charge in [0.25, 0.3) is 0 Å². The van der Waals surface area contributed by atoms with Crippen LogP contribution in [-0.2, 0) is 0 Å². The lowest BCUT2D eigenvalue weighted by Crippen LogP contribution is -2.22. The van der Waals surface area contributed by atoms with Gasteiger partial charge in [0.05, 0.1) is 16.4 Å². The van der Waals surface area contributed by atoms with Crippen LogP contribution in [0.2, 0.25) is 0 Å².